The van der Waals surface area contributed by atoms with Crippen LogP contribution >= 0.6 is 0 Å². The number of hydroxylamine groups is 1. The number of nitrogens with one attached hydrogen (secondary N) is 1. The number of aliphatic carboxylic acids is 1. The van der Waals surface area contributed by atoms with Gasteiger partial charge in [0.15, 0.2) is 0 Å². The number of phenolic OH excluding ortho intramolecular Hbond substituents is 1. The summed E-state index contributed by atoms with van der Waals surface area (Å²) < 4.78 is 5.71. The molecule has 5 nitrogen and oxygen atoms in total. The number of benzene rings is 1. The summed E-state index contributed by atoms with van der Waals surface area (Å²) in [6.45, 7) is 6.28. The Morgan fingerprint density at radius 3 is 2.48 bits per heavy atom. The Labute approximate surface area is 127 Å². The Morgan fingerprint density at radius 2 is 1.95 bits per heavy atom. The van der Waals surface area contributed by atoms with Gasteiger partial charge in [0.25, 0.3) is 0 Å². The maximum absolute atomic E-state index is 11.3. The van der Waals surface area contributed by atoms with Gasteiger partial charge in [-0.25, -0.2) is 5.48 Å². The molecular formula is C15H25NO4Si. The van der Waals surface area contributed by atoms with E-state index in [4.69, 9.17) is 4.53 Å². The number of rotatable bonds is 9. The van der Waals surface area contributed by atoms with Crippen LogP contribution in [0.1, 0.15) is 25.3 Å². The number of phenols is 1. The number of unbranched alkanes of at least 4 members (excludes halogenated alkanes) is 1. The molecule has 3 N–H and O–H groups in total. The van der Waals surface area contributed by atoms with Crippen molar-refractivity contribution < 1.29 is 19.5 Å². The lowest BCUT2D eigenvalue weighted by molar-refractivity contribution is -0.141. The lowest BCUT2D eigenvalue weighted by Crippen LogP contribution is -2.46. The third kappa shape index (κ3) is 6.75. The van der Waals surface area contributed by atoms with Gasteiger partial charge in [0, 0.05) is 6.42 Å². The highest BCUT2D eigenvalue weighted by Crippen LogP contribution is 2.15. The zero-order valence-electron chi connectivity index (χ0n) is 12.9. The van der Waals surface area contributed by atoms with E-state index in [9.17, 15) is 15.0 Å². The zero-order valence-corrected chi connectivity index (χ0v) is 13.9. The van der Waals surface area contributed by atoms with Gasteiger partial charge in [-0.2, -0.15) is 0 Å². The minimum atomic E-state index is -1.87. The second kappa shape index (κ2) is 8.16. The van der Waals surface area contributed by atoms with E-state index in [0.29, 0.717) is 6.42 Å². The molecule has 21 heavy (non-hydrogen) atoms. The van der Waals surface area contributed by atoms with Crippen LogP contribution in [0.2, 0.25) is 19.1 Å². The van der Waals surface area contributed by atoms with Gasteiger partial charge in [0.05, 0.1) is 0 Å². The van der Waals surface area contributed by atoms with Crippen molar-refractivity contribution in [2.45, 2.75) is 51.4 Å². The highest BCUT2D eigenvalue weighted by molar-refractivity contribution is 6.71. The third-order valence-electron chi connectivity index (χ3n) is 3.28. The summed E-state index contributed by atoms with van der Waals surface area (Å²) in [6.07, 6.45) is 2.51. The third-order valence-corrected chi connectivity index (χ3v) is 5.51. The molecule has 0 aromatic heterocycles. The molecule has 0 aliphatic carbocycles. The molecule has 1 aromatic rings. The van der Waals surface area contributed by atoms with Crippen LogP contribution < -0.4 is 5.48 Å². The Kier molecular flexibility index (Phi) is 6.87. The Balaban J connectivity index is 2.58. The van der Waals surface area contributed by atoms with Crippen molar-refractivity contribution in [1.29, 1.82) is 0 Å². The molecule has 1 rings (SSSR count). The molecule has 0 radical (unpaired) electrons. The van der Waals surface area contributed by atoms with Crippen LogP contribution in [0.5, 0.6) is 5.75 Å². The Bertz CT molecular complexity index is 447. The van der Waals surface area contributed by atoms with Gasteiger partial charge < -0.3 is 14.7 Å². The largest absolute Gasteiger partial charge is 0.508 e. The number of carbonyl (C=O) groups is 1. The van der Waals surface area contributed by atoms with Crippen molar-refractivity contribution in [1.82, 2.24) is 5.48 Å². The monoisotopic (exact) mass is 311 g/mol. The van der Waals surface area contributed by atoms with Gasteiger partial charge in [0.1, 0.15) is 11.8 Å². The van der Waals surface area contributed by atoms with Gasteiger partial charge in [-0.3, -0.25) is 4.79 Å². The van der Waals surface area contributed by atoms with E-state index < -0.39 is 20.3 Å². The van der Waals surface area contributed by atoms with Gasteiger partial charge in [-0.15, -0.1) is 0 Å². The van der Waals surface area contributed by atoms with Crippen LogP contribution in [0.4, 0.5) is 0 Å². The van der Waals surface area contributed by atoms with Gasteiger partial charge >= 0.3 is 5.97 Å². The molecular weight excluding hydrogens is 286 g/mol. The average Bonchev–Trinajstić information content (AvgIpc) is 2.43. The van der Waals surface area contributed by atoms with Gasteiger partial charge in [-0.1, -0.05) is 31.9 Å². The van der Waals surface area contributed by atoms with Gasteiger partial charge in [-0.05, 0) is 36.8 Å². The van der Waals surface area contributed by atoms with Crippen LogP contribution in [0, 0.1) is 0 Å². The van der Waals surface area contributed by atoms with E-state index in [2.05, 4.69) is 25.5 Å². The van der Waals surface area contributed by atoms with Crippen molar-refractivity contribution in [3.8, 4) is 5.75 Å². The molecule has 0 amide bonds. The van der Waals surface area contributed by atoms with Crippen molar-refractivity contribution in [3.05, 3.63) is 29.8 Å². The SMILES string of the molecule is CCCC[Si](C)(C)ON[C@@H](Cc1ccc(O)cc1)C(=O)O. The summed E-state index contributed by atoms with van der Waals surface area (Å²) in [5.41, 5.74) is 3.57. The fraction of sp³-hybridized carbons (Fsp3) is 0.533. The fourth-order valence-electron chi connectivity index (χ4n) is 1.93. The predicted molar refractivity (Wildman–Crippen MR) is 84.7 cm³/mol. The first-order chi connectivity index (χ1) is 9.84. The van der Waals surface area contributed by atoms with Crippen LogP contribution in [0.25, 0.3) is 0 Å². The van der Waals surface area contributed by atoms with E-state index in [1.54, 1.807) is 24.3 Å². The Morgan fingerprint density at radius 1 is 1.33 bits per heavy atom. The predicted octanol–water partition coefficient (Wildman–Crippen LogP) is 2.91. The second-order valence-corrected chi connectivity index (χ2v) is 10.1. The topological polar surface area (TPSA) is 78.8 Å². The minimum absolute atomic E-state index is 0.169. The lowest BCUT2D eigenvalue weighted by atomic mass is 10.1. The number of carboxylic acid groups (broad SMARTS) is 1. The first kappa shape index (κ1) is 17.7. The fourth-order valence-corrected chi connectivity index (χ4v) is 3.70. The van der Waals surface area contributed by atoms with Crippen molar-refractivity contribution >= 4 is 14.3 Å². The molecule has 0 heterocycles. The van der Waals surface area contributed by atoms with E-state index in [0.717, 1.165) is 24.4 Å². The van der Waals surface area contributed by atoms with Crippen LogP contribution in [0.15, 0.2) is 24.3 Å². The zero-order chi connectivity index (χ0) is 15.9. The molecule has 118 valence electrons. The average molecular weight is 311 g/mol. The molecule has 1 aromatic carbocycles. The van der Waals surface area contributed by atoms with Crippen molar-refractivity contribution in [2.75, 3.05) is 0 Å². The summed E-state index contributed by atoms with van der Waals surface area (Å²) in [4.78, 5) is 11.3. The molecule has 1 atom stereocenters. The number of carboxylic acids is 1. The summed E-state index contributed by atoms with van der Waals surface area (Å²) in [5.74, 6) is -0.772. The van der Waals surface area contributed by atoms with Crippen molar-refractivity contribution in [2.24, 2.45) is 0 Å². The first-order valence-electron chi connectivity index (χ1n) is 7.28. The summed E-state index contributed by atoms with van der Waals surface area (Å²) >= 11 is 0. The smallest absolute Gasteiger partial charge is 0.323 e. The maximum Gasteiger partial charge on any atom is 0.323 e. The quantitative estimate of drug-likeness (QED) is 0.483. The summed E-state index contributed by atoms with van der Waals surface area (Å²) in [7, 11) is -1.87. The number of hydrogen-bond donors (Lipinski definition) is 3. The molecule has 0 bridgehead atoms. The maximum atomic E-state index is 11.3. The highest BCUT2D eigenvalue weighted by atomic mass is 28.4. The molecule has 0 unspecified atom stereocenters. The normalized spacial score (nSPS) is 13.1. The molecule has 0 aliphatic rings. The van der Waals surface area contributed by atoms with E-state index in [-0.39, 0.29) is 5.75 Å². The molecule has 0 fully saturated rings. The molecule has 0 saturated carbocycles. The molecule has 0 spiro atoms. The molecule has 0 saturated heterocycles. The van der Waals surface area contributed by atoms with Crippen LogP contribution in [-0.2, 0) is 15.7 Å². The number of hydrogen-bond acceptors (Lipinski definition) is 4. The molecule has 0 aliphatic heterocycles. The molecule has 6 heteroatoms. The van der Waals surface area contributed by atoms with Gasteiger partial charge in [0.2, 0.25) is 8.32 Å². The van der Waals surface area contributed by atoms with Crippen LogP contribution in [-0.4, -0.2) is 30.5 Å². The standard InChI is InChI=1S/C15H25NO4Si/c1-4-5-10-21(2,3)20-16-14(15(18)19)11-12-6-8-13(17)9-7-12/h6-9,14,16-17H,4-5,10-11H2,1-3H3,(H,18,19)/t14-/m0/s1. The van der Waals surface area contributed by atoms with E-state index in [1.165, 1.54) is 0 Å². The highest BCUT2D eigenvalue weighted by Gasteiger charge is 2.26. The first-order valence-corrected chi connectivity index (χ1v) is 10.4. The van der Waals surface area contributed by atoms with E-state index in [1.807, 2.05) is 0 Å². The summed E-state index contributed by atoms with van der Waals surface area (Å²) in [5, 5.41) is 18.5. The minimum Gasteiger partial charge on any atom is -0.508 e. The Hall–Kier alpha value is -1.37. The number of aromatic hydroxyl groups is 1. The van der Waals surface area contributed by atoms with E-state index >= 15 is 0 Å². The van der Waals surface area contributed by atoms with Crippen LogP contribution in [0.3, 0.4) is 0 Å². The lowest BCUT2D eigenvalue weighted by Gasteiger charge is -2.25. The summed E-state index contributed by atoms with van der Waals surface area (Å²) in [6, 6.07) is 6.74. The second-order valence-electron chi connectivity index (χ2n) is 5.84. The van der Waals surface area contributed by atoms with Crippen molar-refractivity contribution in [3.63, 3.8) is 0 Å².